The molecule has 5 rings (SSSR count). The van der Waals surface area contributed by atoms with Crippen LogP contribution < -0.4 is 9.64 Å². The molecule has 2 aromatic carbocycles. The number of hydrogen-bond donors (Lipinski definition) is 0. The van der Waals surface area contributed by atoms with E-state index in [4.69, 9.17) is 4.74 Å². The van der Waals surface area contributed by atoms with E-state index in [1.54, 1.807) is 7.11 Å². The van der Waals surface area contributed by atoms with Crippen molar-refractivity contribution in [3.05, 3.63) is 59.7 Å². The number of benzene rings is 2. The summed E-state index contributed by atoms with van der Waals surface area (Å²) in [5.41, 5.74) is 3.45. The van der Waals surface area contributed by atoms with Crippen LogP contribution in [0, 0.1) is 18.8 Å². The van der Waals surface area contributed by atoms with E-state index in [2.05, 4.69) is 42.2 Å². The lowest BCUT2D eigenvalue weighted by Gasteiger charge is -2.38. The maximum Gasteiger partial charge on any atom is 0.228 e. The smallest absolute Gasteiger partial charge is 0.228 e. The second-order valence-electron chi connectivity index (χ2n) is 9.63. The van der Waals surface area contributed by atoms with E-state index in [0.717, 1.165) is 42.9 Å². The van der Waals surface area contributed by atoms with Gasteiger partial charge in [0.2, 0.25) is 11.8 Å². The molecule has 3 aliphatic rings. The second-order valence-corrected chi connectivity index (χ2v) is 9.63. The summed E-state index contributed by atoms with van der Waals surface area (Å²) in [5, 5.41) is 0. The zero-order valence-corrected chi connectivity index (χ0v) is 19.6. The van der Waals surface area contributed by atoms with Gasteiger partial charge in [0, 0.05) is 51.1 Å². The Kier molecular flexibility index (Phi) is 6.00. The van der Waals surface area contributed by atoms with Crippen molar-refractivity contribution >= 4 is 17.5 Å². The number of aryl methyl sites for hydroxylation is 1. The van der Waals surface area contributed by atoms with Crippen molar-refractivity contribution in [3.8, 4) is 5.75 Å². The Morgan fingerprint density at radius 1 is 0.848 bits per heavy atom. The Bertz CT molecular complexity index is 1010. The molecule has 1 aliphatic carbocycles. The predicted molar refractivity (Wildman–Crippen MR) is 129 cm³/mol. The fourth-order valence-corrected chi connectivity index (χ4v) is 5.27. The lowest BCUT2D eigenvalue weighted by atomic mass is 9.87. The number of carbonyl (C=O) groups excluding carboxylic acids is 2. The summed E-state index contributed by atoms with van der Waals surface area (Å²) in [5.74, 6) is 1.36. The molecule has 0 aromatic heterocycles. The first kappa shape index (κ1) is 21.8. The topological polar surface area (TPSA) is 53.1 Å². The van der Waals surface area contributed by atoms with E-state index in [9.17, 15) is 9.59 Å². The van der Waals surface area contributed by atoms with E-state index in [1.807, 2.05) is 28.0 Å². The first-order valence-electron chi connectivity index (χ1n) is 12.1. The van der Waals surface area contributed by atoms with Crippen LogP contribution in [0.2, 0.25) is 0 Å². The van der Waals surface area contributed by atoms with Gasteiger partial charge in [-0.15, -0.1) is 0 Å². The number of rotatable bonds is 5. The maximum atomic E-state index is 13.7. The molecule has 3 fully saturated rings. The zero-order chi connectivity index (χ0) is 22.9. The van der Waals surface area contributed by atoms with Crippen LogP contribution in [0.15, 0.2) is 48.5 Å². The summed E-state index contributed by atoms with van der Waals surface area (Å²) < 4.78 is 5.52. The molecular formula is C27H33N3O3. The Hall–Kier alpha value is -3.02. The fourth-order valence-electron chi connectivity index (χ4n) is 5.27. The molecule has 2 unspecified atom stereocenters. The molecule has 6 heteroatoms. The van der Waals surface area contributed by atoms with Gasteiger partial charge in [-0.2, -0.15) is 0 Å². The number of para-hydroxylation sites is 2. The summed E-state index contributed by atoms with van der Waals surface area (Å²) in [6, 6.07) is 16.5. The number of ether oxygens (including phenoxy) is 1. The molecule has 2 aromatic rings. The summed E-state index contributed by atoms with van der Waals surface area (Å²) in [6.45, 7) is 6.19. The van der Waals surface area contributed by atoms with Crippen LogP contribution in [0.1, 0.15) is 29.9 Å². The Labute approximate surface area is 196 Å². The van der Waals surface area contributed by atoms with E-state index in [1.165, 1.54) is 5.56 Å². The van der Waals surface area contributed by atoms with Crippen LogP contribution in [0.3, 0.4) is 0 Å². The van der Waals surface area contributed by atoms with Crippen molar-refractivity contribution < 1.29 is 14.3 Å². The molecular weight excluding hydrogens is 414 g/mol. The molecule has 0 spiro atoms. The van der Waals surface area contributed by atoms with Gasteiger partial charge in [0.25, 0.3) is 0 Å². The molecule has 2 atom stereocenters. The number of likely N-dealkylation sites (tertiary alicyclic amines) is 1. The summed E-state index contributed by atoms with van der Waals surface area (Å²) in [4.78, 5) is 32.8. The summed E-state index contributed by atoms with van der Waals surface area (Å²) >= 11 is 0. The Morgan fingerprint density at radius 2 is 1.55 bits per heavy atom. The standard InChI is InChI=1S/C27H33N3O3/c1-19-7-9-20(10-8-19)22-17-30(26(31)21-11-12-21)18-23(22)27(32)29-15-13-28(14-16-29)24-5-3-4-6-25(24)33-2/h3-10,21-23H,11-18H2,1-2H3. The third-order valence-electron chi connectivity index (χ3n) is 7.40. The first-order valence-corrected chi connectivity index (χ1v) is 12.1. The van der Waals surface area contributed by atoms with Gasteiger partial charge in [0.15, 0.2) is 0 Å². The van der Waals surface area contributed by atoms with Crippen molar-refractivity contribution in [2.75, 3.05) is 51.3 Å². The number of carbonyl (C=O) groups is 2. The van der Waals surface area contributed by atoms with Gasteiger partial charge in [0.1, 0.15) is 5.75 Å². The van der Waals surface area contributed by atoms with Gasteiger partial charge >= 0.3 is 0 Å². The van der Waals surface area contributed by atoms with Crippen LogP contribution in [0.4, 0.5) is 5.69 Å². The highest BCUT2D eigenvalue weighted by atomic mass is 16.5. The van der Waals surface area contributed by atoms with Gasteiger partial charge in [-0.25, -0.2) is 0 Å². The number of hydrogen-bond acceptors (Lipinski definition) is 4. The van der Waals surface area contributed by atoms with E-state index in [-0.39, 0.29) is 29.6 Å². The minimum atomic E-state index is -0.173. The average Bonchev–Trinajstić information content (AvgIpc) is 3.62. The number of nitrogens with zero attached hydrogens (tertiary/aromatic N) is 3. The highest BCUT2D eigenvalue weighted by Gasteiger charge is 2.45. The van der Waals surface area contributed by atoms with Crippen LogP contribution >= 0.6 is 0 Å². The zero-order valence-electron chi connectivity index (χ0n) is 19.6. The van der Waals surface area contributed by atoms with Gasteiger partial charge in [0.05, 0.1) is 18.7 Å². The molecule has 1 saturated carbocycles. The predicted octanol–water partition coefficient (Wildman–Crippen LogP) is 3.30. The molecule has 2 saturated heterocycles. The lowest BCUT2D eigenvalue weighted by molar-refractivity contribution is -0.136. The van der Waals surface area contributed by atoms with Crippen molar-refractivity contribution in [2.24, 2.45) is 11.8 Å². The van der Waals surface area contributed by atoms with Crippen molar-refractivity contribution in [2.45, 2.75) is 25.7 Å². The van der Waals surface area contributed by atoms with Crippen LogP contribution in [-0.2, 0) is 9.59 Å². The molecule has 6 nitrogen and oxygen atoms in total. The Morgan fingerprint density at radius 3 is 2.21 bits per heavy atom. The molecule has 2 amide bonds. The van der Waals surface area contributed by atoms with E-state index < -0.39 is 0 Å². The van der Waals surface area contributed by atoms with Gasteiger partial charge in [-0.1, -0.05) is 42.0 Å². The van der Waals surface area contributed by atoms with Crippen LogP contribution in [0.25, 0.3) is 0 Å². The van der Waals surface area contributed by atoms with Crippen molar-refractivity contribution in [3.63, 3.8) is 0 Å². The second kappa shape index (κ2) is 9.08. The molecule has 0 bridgehead atoms. The third kappa shape index (κ3) is 4.43. The largest absolute Gasteiger partial charge is 0.495 e. The molecule has 2 aliphatic heterocycles. The third-order valence-corrected chi connectivity index (χ3v) is 7.40. The number of piperazine rings is 1. The highest BCUT2D eigenvalue weighted by Crippen LogP contribution is 2.39. The van der Waals surface area contributed by atoms with Crippen molar-refractivity contribution in [1.29, 1.82) is 0 Å². The van der Waals surface area contributed by atoms with E-state index >= 15 is 0 Å². The average molecular weight is 448 g/mol. The molecule has 0 radical (unpaired) electrons. The number of amides is 2. The summed E-state index contributed by atoms with van der Waals surface area (Å²) in [6.07, 6.45) is 1.99. The summed E-state index contributed by atoms with van der Waals surface area (Å²) in [7, 11) is 1.69. The molecule has 2 heterocycles. The maximum absolute atomic E-state index is 13.7. The molecule has 174 valence electrons. The monoisotopic (exact) mass is 447 g/mol. The van der Waals surface area contributed by atoms with Gasteiger partial charge in [-0.3, -0.25) is 9.59 Å². The first-order chi connectivity index (χ1) is 16.0. The van der Waals surface area contributed by atoms with E-state index in [0.29, 0.717) is 26.2 Å². The minimum Gasteiger partial charge on any atom is -0.495 e. The number of methoxy groups -OCH3 is 1. The van der Waals surface area contributed by atoms with Gasteiger partial charge in [-0.05, 0) is 37.5 Å². The fraction of sp³-hybridized carbons (Fsp3) is 0.481. The lowest BCUT2D eigenvalue weighted by Crippen LogP contribution is -2.51. The van der Waals surface area contributed by atoms with Crippen LogP contribution in [-0.4, -0.2) is 68.0 Å². The highest BCUT2D eigenvalue weighted by molar-refractivity contribution is 5.85. The normalized spacial score (nSPS) is 23.0. The van der Waals surface area contributed by atoms with Crippen LogP contribution in [0.5, 0.6) is 5.75 Å². The Balaban J connectivity index is 1.30. The van der Waals surface area contributed by atoms with Gasteiger partial charge < -0.3 is 19.4 Å². The van der Waals surface area contributed by atoms with Crippen molar-refractivity contribution in [1.82, 2.24) is 9.80 Å². The quantitative estimate of drug-likeness (QED) is 0.706. The number of anilines is 1. The minimum absolute atomic E-state index is 0.0630. The molecule has 33 heavy (non-hydrogen) atoms. The molecule has 0 N–H and O–H groups in total. The SMILES string of the molecule is COc1ccccc1N1CCN(C(=O)C2CN(C(=O)C3CC3)CC2c2ccc(C)cc2)CC1.